The van der Waals surface area contributed by atoms with E-state index in [1.807, 2.05) is 10.9 Å². The predicted molar refractivity (Wildman–Crippen MR) is 92.1 cm³/mol. The SMILES string of the molecule is COc1ccc(Cl)cc1S(=O)(=O)NCCn1ncc2c1CCCC2. The lowest BCUT2D eigenvalue weighted by Crippen LogP contribution is -2.28. The van der Waals surface area contributed by atoms with Gasteiger partial charge in [-0.25, -0.2) is 13.1 Å². The van der Waals surface area contributed by atoms with E-state index in [0.717, 1.165) is 19.3 Å². The zero-order valence-corrected chi connectivity index (χ0v) is 15.0. The van der Waals surface area contributed by atoms with Crippen LogP contribution < -0.4 is 9.46 Å². The molecular weight excluding hydrogens is 350 g/mol. The monoisotopic (exact) mass is 369 g/mol. The summed E-state index contributed by atoms with van der Waals surface area (Å²) < 4.78 is 34.6. The van der Waals surface area contributed by atoms with Crippen molar-refractivity contribution >= 4 is 21.6 Å². The molecule has 1 aromatic carbocycles. The van der Waals surface area contributed by atoms with E-state index in [2.05, 4.69) is 9.82 Å². The van der Waals surface area contributed by atoms with Crippen molar-refractivity contribution in [2.75, 3.05) is 13.7 Å². The molecule has 1 N–H and O–H groups in total. The second-order valence-corrected chi connectivity index (χ2v) is 7.91. The van der Waals surface area contributed by atoms with Gasteiger partial charge in [-0.05, 0) is 49.4 Å². The van der Waals surface area contributed by atoms with Gasteiger partial charge in [0, 0.05) is 17.3 Å². The van der Waals surface area contributed by atoms with Crippen LogP contribution in [0.15, 0.2) is 29.3 Å². The lowest BCUT2D eigenvalue weighted by molar-refractivity contribution is 0.402. The number of sulfonamides is 1. The van der Waals surface area contributed by atoms with Crippen molar-refractivity contribution in [2.45, 2.75) is 37.1 Å². The summed E-state index contributed by atoms with van der Waals surface area (Å²) in [6.45, 7) is 0.754. The van der Waals surface area contributed by atoms with Gasteiger partial charge < -0.3 is 4.74 Å². The third-order valence-electron chi connectivity index (χ3n) is 4.18. The highest BCUT2D eigenvalue weighted by atomic mass is 35.5. The second kappa shape index (κ2) is 7.13. The summed E-state index contributed by atoms with van der Waals surface area (Å²) in [4.78, 5) is 0.0417. The van der Waals surface area contributed by atoms with Crippen molar-refractivity contribution in [3.63, 3.8) is 0 Å². The summed E-state index contributed by atoms with van der Waals surface area (Å²) in [5, 5.41) is 4.72. The maximum Gasteiger partial charge on any atom is 0.244 e. The van der Waals surface area contributed by atoms with Crippen molar-refractivity contribution in [1.29, 1.82) is 0 Å². The number of methoxy groups -OCH3 is 1. The van der Waals surface area contributed by atoms with E-state index >= 15 is 0 Å². The van der Waals surface area contributed by atoms with E-state index in [-0.39, 0.29) is 17.2 Å². The van der Waals surface area contributed by atoms with Crippen molar-refractivity contribution in [2.24, 2.45) is 0 Å². The zero-order valence-electron chi connectivity index (χ0n) is 13.5. The van der Waals surface area contributed by atoms with Crippen molar-refractivity contribution in [3.8, 4) is 5.75 Å². The molecule has 24 heavy (non-hydrogen) atoms. The third kappa shape index (κ3) is 3.58. The van der Waals surface area contributed by atoms with Gasteiger partial charge in [-0.3, -0.25) is 4.68 Å². The number of benzene rings is 1. The van der Waals surface area contributed by atoms with Gasteiger partial charge in [0.05, 0.1) is 19.9 Å². The first-order valence-electron chi connectivity index (χ1n) is 7.88. The molecule has 1 aliphatic carbocycles. The Morgan fingerprint density at radius 1 is 1.33 bits per heavy atom. The van der Waals surface area contributed by atoms with Gasteiger partial charge in [0.2, 0.25) is 10.0 Å². The molecule has 1 heterocycles. The molecule has 130 valence electrons. The largest absolute Gasteiger partial charge is 0.495 e. The number of nitrogens with one attached hydrogen (secondary N) is 1. The quantitative estimate of drug-likeness (QED) is 0.848. The first-order chi connectivity index (χ1) is 11.5. The molecule has 0 amide bonds. The number of hydrogen-bond donors (Lipinski definition) is 1. The Labute approximate surface area is 146 Å². The van der Waals surface area contributed by atoms with Crippen LogP contribution in [0.25, 0.3) is 0 Å². The highest BCUT2D eigenvalue weighted by Gasteiger charge is 2.20. The highest BCUT2D eigenvalue weighted by Crippen LogP contribution is 2.26. The Kier molecular flexibility index (Phi) is 5.12. The van der Waals surface area contributed by atoms with Gasteiger partial charge >= 0.3 is 0 Å². The first kappa shape index (κ1) is 17.3. The third-order valence-corrected chi connectivity index (χ3v) is 5.89. The number of aromatic nitrogens is 2. The van der Waals surface area contributed by atoms with Crippen LogP contribution in [0.4, 0.5) is 0 Å². The van der Waals surface area contributed by atoms with E-state index in [1.54, 1.807) is 12.1 Å². The molecule has 8 heteroatoms. The number of fused-ring (bicyclic) bond motifs is 1. The molecule has 0 radical (unpaired) electrons. The van der Waals surface area contributed by atoms with Crippen LogP contribution in [0.3, 0.4) is 0 Å². The van der Waals surface area contributed by atoms with E-state index in [1.165, 1.54) is 30.9 Å². The highest BCUT2D eigenvalue weighted by molar-refractivity contribution is 7.89. The molecule has 0 aliphatic heterocycles. The minimum atomic E-state index is -3.70. The van der Waals surface area contributed by atoms with Crippen LogP contribution in [-0.4, -0.2) is 31.9 Å². The fourth-order valence-electron chi connectivity index (χ4n) is 2.97. The van der Waals surface area contributed by atoms with E-state index in [9.17, 15) is 8.42 Å². The lowest BCUT2D eigenvalue weighted by atomic mass is 9.98. The van der Waals surface area contributed by atoms with Gasteiger partial charge in [-0.1, -0.05) is 11.6 Å². The fraction of sp³-hybridized carbons (Fsp3) is 0.438. The molecule has 1 aromatic heterocycles. The van der Waals surface area contributed by atoms with E-state index in [0.29, 0.717) is 11.6 Å². The molecule has 0 fully saturated rings. The molecule has 0 unspecified atom stereocenters. The molecule has 3 rings (SSSR count). The molecular formula is C16H20ClN3O3S. The topological polar surface area (TPSA) is 73.2 Å². The van der Waals surface area contributed by atoms with Crippen molar-refractivity contribution in [1.82, 2.24) is 14.5 Å². The molecule has 6 nitrogen and oxygen atoms in total. The summed E-state index contributed by atoms with van der Waals surface area (Å²) in [6.07, 6.45) is 6.30. The van der Waals surface area contributed by atoms with E-state index in [4.69, 9.17) is 16.3 Å². The average Bonchev–Trinajstić information content (AvgIpc) is 2.98. The number of rotatable bonds is 6. The van der Waals surface area contributed by atoms with Crippen LogP contribution in [0, 0.1) is 0 Å². The number of aryl methyl sites for hydroxylation is 1. The van der Waals surface area contributed by atoms with Crippen LogP contribution in [0.2, 0.25) is 5.02 Å². The van der Waals surface area contributed by atoms with E-state index < -0.39 is 10.0 Å². The smallest absolute Gasteiger partial charge is 0.244 e. The maximum absolute atomic E-state index is 12.5. The molecule has 0 bridgehead atoms. The Bertz CT molecular complexity index is 833. The summed E-state index contributed by atoms with van der Waals surface area (Å²) in [7, 11) is -2.27. The molecule has 0 saturated heterocycles. The number of ether oxygens (including phenoxy) is 1. The summed E-state index contributed by atoms with van der Waals surface area (Å²) in [6, 6.07) is 4.52. The minimum absolute atomic E-state index is 0.0417. The number of halogens is 1. The Morgan fingerprint density at radius 2 is 2.12 bits per heavy atom. The fourth-order valence-corrected chi connectivity index (χ4v) is 4.42. The number of hydrogen-bond acceptors (Lipinski definition) is 4. The molecule has 0 atom stereocenters. The van der Waals surface area contributed by atoms with Crippen molar-refractivity contribution < 1.29 is 13.2 Å². The van der Waals surface area contributed by atoms with Gasteiger partial charge in [-0.2, -0.15) is 5.10 Å². The first-order valence-corrected chi connectivity index (χ1v) is 9.74. The van der Waals surface area contributed by atoms with Gasteiger partial charge in [0.15, 0.2) is 0 Å². The summed E-state index contributed by atoms with van der Waals surface area (Å²) in [5.41, 5.74) is 2.50. The molecule has 0 saturated carbocycles. The van der Waals surface area contributed by atoms with Gasteiger partial charge in [0.1, 0.15) is 10.6 Å². The predicted octanol–water partition coefficient (Wildman–Crippen LogP) is 2.40. The molecule has 0 spiro atoms. The average molecular weight is 370 g/mol. The Morgan fingerprint density at radius 3 is 2.92 bits per heavy atom. The number of nitrogens with zero attached hydrogens (tertiary/aromatic N) is 2. The summed E-state index contributed by atoms with van der Waals surface area (Å²) in [5.74, 6) is 0.267. The lowest BCUT2D eigenvalue weighted by Gasteiger charge is -2.15. The molecule has 1 aliphatic rings. The maximum atomic E-state index is 12.5. The van der Waals surface area contributed by atoms with Crippen LogP contribution in [0.5, 0.6) is 5.75 Å². The minimum Gasteiger partial charge on any atom is -0.495 e. The summed E-state index contributed by atoms with van der Waals surface area (Å²) >= 11 is 5.91. The second-order valence-electron chi connectivity index (χ2n) is 5.74. The standard InChI is InChI=1S/C16H20ClN3O3S/c1-23-15-7-6-13(17)10-16(15)24(21,22)19-8-9-20-14-5-3-2-4-12(14)11-18-20/h6-7,10-11,19H,2-5,8-9H2,1H3. The normalized spacial score (nSPS) is 14.4. The Hall–Kier alpha value is -1.57. The van der Waals surface area contributed by atoms with Crippen LogP contribution in [0.1, 0.15) is 24.1 Å². The van der Waals surface area contributed by atoms with Crippen LogP contribution in [-0.2, 0) is 29.4 Å². The zero-order chi connectivity index (χ0) is 17.2. The van der Waals surface area contributed by atoms with Gasteiger partial charge in [-0.15, -0.1) is 0 Å². The van der Waals surface area contributed by atoms with Crippen LogP contribution >= 0.6 is 11.6 Å². The Balaban J connectivity index is 1.70. The molecule has 2 aromatic rings. The van der Waals surface area contributed by atoms with Gasteiger partial charge in [0.25, 0.3) is 0 Å². The van der Waals surface area contributed by atoms with Crippen molar-refractivity contribution in [3.05, 3.63) is 40.7 Å².